The molecule has 0 radical (unpaired) electrons. The van der Waals surface area contributed by atoms with E-state index in [1.807, 2.05) is 0 Å². The van der Waals surface area contributed by atoms with E-state index in [1.165, 1.54) is 18.2 Å². The molecule has 0 unspecified atom stereocenters. The van der Waals surface area contributed by atoms with E-state index in [-0.39, 0.29) is 18.1 Å². The first-order valence-corrected chi connectivity index (χ1v) is 6.09. The summed E-state index contributed by atoms with van der Waals surface area (Å²) in [6.45, 7) is 2.01. The molecule has 1 aromatic carbocycles. The largest absolute Gasteiger partial charge is 0.461 e. The van der Waals surface area contributed by atoms with E-state index in [4.69, 9.17) is 4.74 Å². The van der Waals surface area contributed by atoms with Gasteiger partial charge in [0.1, 0.15) is 11.5 Å². The number of carbonyl (C=O) groups excluding carboxylic acids is 1. The van der Waals surface area contributed by atoms with Crippen LogP contribution in [0.4, 0.5) is 4.39 Å². The summed E-state index contributed by atoms with van der Waals surface area (Å²) in [6.07, 6.45) is 0. The third-order valence-corrected chi connectivity index (χ3v) is 2.97. The van der Waals surface area contributed by atoms with Crippen molar-refractivity contribution in [1.29, 1.82) is 0 Å². The first kappa shape index (κ1) is 12.8. The maximum atomic E-state index is 13.2. The van der Waals surface area contributed by atoms with Gasteiger partial charge >= 0.3 is 5.97 Å². The number of hydrogen-bond acceptors (Lipinski definition) is 3. The zero-order valence-electron chi connectivity index (χ0n) is 9.54. The Morgan fingerprint density at radius 1 is 1.50 bits per heavy atom. The highest BCUT2D eigenvalue weighted by Gasteiger charge is 2.13. The van der Waals surface area contributed by atoms with Gasteiger partial charge in [-0.1, -0.05) is 15.9 Å². The second kappa shape index (κ2) is 5.30. The van der Waals surface area contributed by atoms with E-state index in [0.29, 0.717) is 15.7 Å². The lowest BCUT2D eigenvalue weighted by Gasteiger charge is -2.00. The fourth-order valence-corrected chi connectivity index (χ4v) is 1.92. The van der Waals surface area contributed by atoms with Gasteiger partial charge in [-0.05, 0) is 31.2 Å². The summed E-state index contributed by atoms with van der Waals surface area (Å²) in [5.41, 5.74) is 1.29. The number of nitrogens with one attached hydrogen (secondary N) is 1. The van der Waals surface area contributed by atoms with E-state index in [1.54, 1.807) is 13.0 Å². The first-order valence-electron chi connectivity index (χ1n) is 5.29. The fraction of sp³-hybridized carbons (Fsp3) is 0.167. The third-order valence-electron chi connectivity index (χ3n) is 2.28. The molecule has 1 N–H and O–H groups in total. The zero-order valence-corrected chi connectivity index (χ0v) is 11.1. The van der Waals surface area contributed by atoms with Crippen molar-refractivity contribution in [1.82, 2.24) is 10.2 Å². The van der Waals surface area contributed by atoms with Gasteiger partial charge in [0.05, 0.1) is 12.3 Å². The molecule has 4 nitrogen and oxygen atoms in total. The molecule has 0 fully saturated rings. The molecule has 0 spiro atoms. The number of nitrogens with zero attached hydrogens (tertiary/aromatic N) is 1. The second-order valence-corrected chi connectivity index (χ2v) is 4.37. The van der Waals surface area contributed by atoms with Crippen LogP contribution < -0.4 is 0 Å². The minimum atomic E-state index is -0.483. The standard InChI is InChI=1S/C12H10BrFN2O2/c1-2-18-12(17)11-6-10(15-16-11)8-5-7(14)3-4-9(8)13/h3-6H,2H2,1H3,(H,15,16). The summed E-state index contributed by atoms with van der Waals surface area (Å²) in [5, 5.41) is 6.54. The minimum absolute atomic E-state index is 0.239. The number of rotatable bonds is 3. The molecule has 0 saturated carbocycles. The monoisotopic (exact) mass is 312 g/mol. The molecule has 1 heterocycles. The van der Waals surface area contributed by atoms with Crippen LogP contribution in [0.2, 0.25) is 0 Å². The average molecular weight is 313 g/mol. The van der Waals surface area contributed by atoms with Crippen LogP contribution in [-0.2, 0) is 4.74 Å². The van der Waals surface area contributed by atoms with Gasteiger partial charge < -0.3 is 4.74 Å². The molecule has 0 atom stereocenters. The van der Waals surface area contributed by atoms with Crippen molar-refractivity contribution < 1.29 is 13.9 Å². The SMILES string of the molecule is CCOC(=O)c1cc(-c2cc(F)ccc2Br)n[nH]1. The number of benzene rings is 1. The number of ether oxygens (including phenoxy) is 1. The number of aromatic nitrogens is 2. The van der Waals surface area contributed by atoms with E-state index in [2.05, 4.69) is 26.1 Å². The lowest BCUT2D eigenvalue weighted by Crippen LogP contribution is -2.04. The van der Waals surface area contributed by atoms with Crippen LogP contribution in [0, 0.1) is 5.82 Å². The Bertz CT molecular complexity index is 583. The molecule has 0 amide bonds. The molecule has 0 aliphatic carbocycles. The van der Waals surface area contributed by atoms with Crippen LogP contribution in [0.15, 0.2) is 28.7 Å². The van der Waals surface area contributed by atoms with Gasteiger partial charge in [0.15, 0.2) is 0 Å². The van der Waals surface area contributed by atoms with Crippen molar-refractivity contribution in [2.45, 2.75) is 6.92 Å². The van der Waals surface area contributed by atoms with Crippen LogP contribution in [-0.4, -0.2) is 22.8 Å². The molecule has 6 heteroatoms. The van der Waals surface area contributed by atoms with Crippen LogP contribution in [0.1, 0.15) is 17.4 Å². The Morgan fingerprint density at radius 2 is 2.28 bits per heavy atom. The van der Waals surface area contributed by atoms with Crippen molar-refractivity contribution in [3.8, 4) is 11.3 Å². The zero-order chi connectivity index (χ0) is 13.1. The highest BCUT2D eigenvalue weighted by Crippen LogP contribution is 2.27. The number of H-pyrrole nitrogens is 1. The first-order chi connectivity index (χ1) is 8.61. The molecule has 0 aliphatic rings. The van der Waals surface area contributed by atoms with Gasteiger partial charge in [-0.25, -0.2) is 9.18 Å². The Hall–Kier alpha value is -1.69. The Morgan fingerprint density at radius 3 is 3.00 bits per heavy atom. The molecular weight excluding hydrogens is 303 g/mol. The number of esters is 1. The molecule has 0 saturated heterocycles. The van der Waals surface area contributed by atoms with Crippen molar-refractivity contribution in [3.63, 3.8) is 0 Å². The maximum absolute atomic E-state index is 13.2. The lowest BCUT2D eigenvalue weighted by molar-refractivity contribution is 0.0519. The summed E-state index contributed by atoms with van der Waals surface area (Å²) in [4.78, 5) is 11.5. The van der Waals surface area contributed by atoms with Crippen LogP contribution >= 0.6 is 15.9 Å². The van der Waals surface area contributed by atoms with Gasteiger partial charge in [-0.15, -0.1) is 0 Å². The number of carbonyl (C=O) groups is 1. The van der Waals surface area contributed by atoms with E-state index >= 15 is 0 Å². The number of aromatic amines is 1. The van der Waals surface area contributed by atoms with Crippen molar-refractivity contribution in [2.75, 3.05) is 6.61 Å². The van der Waals surface area contributed by atoms with Gasteiger partial charge in [-0.2, -0.15) is 5.10 Å². The summed E-state index contributed by atoms with van der Waals surface area (Å²) >= 11 is 3.31. The van der Waals surface area contributed by atoms with Crippen LogP contribution in [0.5, 0.6) is 0 Å². The second-order valence-electron chi connectivity index (χ2n) is 3.51. The smallest absolute Gasteiger partial charge is 0.356 e. The van der Waals surface area contributed by atoms with Crippen molar-refractivity contribution >= 4 is 21.9 Å². The van der Waals surface area contributed by atoms with Crippen molar-refractivity contribution in [2.24, 2.45) is 0 Å². The quantitative estimate of drug-likeness (QED) is 0.886. The van der Waals surface area contributed by atoms with E-state index in [0.717, 1.165) is 0 Å². The Labute approximate surface area is 111 Å². The highest BCUT2D eigenvalue weighted by molar-refractivity contribution is 9.10. The number of halogens is 2. The predicted octanol–water partition coefficient (Wildman–Crippen LogP) is 3.16. The van der Waals surface area contributed by atoms with E-state index < -0.39 is 5.97 Å². The molecule has 0 bridgehead atoms. The summed E-state index contributed by atoms with van der Waals surface area (Å²) in [7, 11) is 0. The molecule has 18 heavy (non-hydrogen) atoms. The predicted molar refractivity (Wildman–Crippen MR) is 67.6 cm³/mol. The Kier molecular flexibility index (Phi) is 3.76. The molecular formula is C12H10BrFN2O2. The highest BCUT2D eigenvalue weighted by atomic mass is 79.9. The molecule has 0 aliphatic heterocycles. The van der Waals surface area contributed by atoms with Gasteiger partial charge in [0, 0.05) is 10.0 Å². The summed E-state index contributed by atoms with van der Waals surface area (Å²) in [5.74, 6) is -0.849. The molecule has 2 rings (SSSR count). The fourth-order valence-electron chi connectivity index (χ4n) is 1.47. The van der Waals surface area contributed by atoms with Gasteiger partial charge in [0.25, 0.3) is 0 Å². The average Bonchev–Trinajstić information content (AvgIpc) is 2.82. The lowest BCUT2D eigenvalue weighted by atomic mass is 10.1. The Balaban J connectivity index is 2.35. The number of hydrogen-bond donors (Lipinski definition) is 1. The van der Waals surface area contributed by atoms with Gasteiger partial charge in [0.2, 0.25) is 0 Å². The maximum Gasteiger partial charge on any atom is 0.356 e. The summed E-state index contributed by atoms with van der Waals surface area (Å²) < 4.78 is 18.7. The third kappa shape index (κ3) is 2.59. The summed E-state index contributed by atoms with van der Waals surface area (Å²) in [6, 6.07) is 5.79. The van der Waals surface area contributed by atoms with Gasteiger partial charge in [-0.3, -0.25) is 5.10 Å². The normalized spacial score (nSPS) is 10.4. The van der Waals surface area contributed by atoms with E-state index in [9.17, 15) is 9.18 Å². The topological polar surface area (TPSA) is 55.0 Å². The molecule has 1 aromatic heterocycles. The minimum Gasteiger partial charge on any atom is -0.461 e. The van der Waals surface area contributed by atoms with Crippen molar-refractivity contribution in [3.05, 3.63) is 40.2 Å². The van der Waals surface area contributed by atoms with Crippen LogP contribution in [0.3, 0.4) is 0 Å². The molecule has 2 aromatic rings. The molecule has 94 valence electrons. The van der Waals surface area contributed by atoms with Crippen LogP contribution in [0.25, 0.3) is 11.3 Å².